The fraction of sp³-hybridized carbons (Fsp3) is 0.200. The third-order valence-corrected chi connectivity index (χ3v) is 7.59. The van der Waals surface area contributed by atoms with E-state index in [-0.39, 0.29) is 17.4 Å². The van der Waals surface area contributed by atoms with E-state index in [9.17, 15) is 14.0 Å². The standard InChI is InChI=1S/C30H27FN6O3/c1-17-26(24-16-35(2)34-27(24)29(32)38)28(18-4-11-23(40-3)12-5-18)36(30(17)39)22-10-13-25-19(14-22)15-33-37(25)21-8-6-20(31)7-9-21/h4-17,26,28H,1-3H3,(H2,32,38). The van der Waals surface area contributed by atoms with Gasteiger partial charge in [0.2, 0.25) is 5.91 Å². The van der Waals surface area contributed by atoms with E-state index in [1.807, 2.05) is 49.4 Å². The van der Waals surface area contributed by atoms with Crippen LogP contribution in [0.15, 0.2) is 79.1 Å². The van der Waals surface area contributed by atoms with Crippen molar-refractivity contribution in [1.82, 2.24) is 19.6 Å². The SMILES string of the molecule is COc1ccc(C2C(c3cn(C)nc3C(N)=O)C(C)C(=O)N2c2ccc3c(cnn3-c3ccc(F)cc3)c2)cc1. The maximum absolute atomic E-state index is 14.0. The monoisotopic (exact) mass is 538 g/mol. The van der Waals surface area contributed by atoms with Crippen LogP contribution >= 0.6 is 0 Å². The first-order chi connectivity index (χ1) is 19.3. The molecule has 3 atom stereocenters. The number of primary amides is 1. The Morgan fingerprint density at radius 1 is 1.02 bits per heavy atom. The van der Waals surface area contributed by atoms with Crippen molar-refractivity contribution in [3.05, 3.63) is 102 Å². The summed E-state index contributed by atoms with van der Waals surface area (Å²) in [5.41, 5.74) is 9.60. The number of nitrogens with zero attached hydrogens (tertiary/aromatic N) is 5. The van der Waals surface area contributed by atoms with Crippen molar-refractivity contribution >= 4 is 28.4 Å². The number of rotatable bonds is 6. The molecule has 3 unspecified atom stereocenters. The summed E-state index contributed by atoms with van der Waals surface area (Å²) in [6.45, 7) is 1.87. The third-order valence-electron chi connectivity index (χ3n) is 7.59. The molecule has 9 nitrogen and oxygen atoms in total. The van der Waals surface area contributed by atoms with Crippen molar-refractivity contribution in [3.8, 4) is 11.4 Å². The molecule has 1 aliphatic rings. The van der Waals surface area contributed by atoms with Crippen molar-refractivity contribution in [3.63, 3.8) is 0 Å². The Hall–Kier alpha value is -4.99. The highest BCUT2D eigenvalue weighted by atomic mass is 19.1. The number of carbonyl (C=O) groups excluding carboxylic acids is 2. The molecule has 0 saturated carbocycles. The second-order valence-corrected chi connectivity index (χ2v) is 9.99. The van der Waals surface area contributed by atoms with Gasteiger partial charge in [-0.15, -0.1) is 0 Å². The number of amides is 2. The number of hydrogen-bond acceptors (Lipinski definition) is 5. The summed E-state index contributed by atoms with van der Waals surface area (Å²) in [7, 11) is 3.33. The van der Waals surface area contributed by atoms with Crippen LogP contribution in [-0.4, -0.2) is 38.5 Å². The zero-order valence-electron chi connectivity index (χ0n) is 22.2. The van der Waals surface area contributed by atoms with Gasteiger partial charge in [0.15, 0.2) is 5.69 Å². The maximum atomic E-state index is 14.0. The first-order valence-electron chi connectivity index (χ1n) is 12.8. The topological polar surface area (TPSA) is 108 Å². The number of aryl methyl sites for hydroxylation is 1. The molecule has 202 valence electrons. The summed E-state index contributed by atoms with van der Waals surface area (Å²) in [6, 6.07) is 18.9. The minimum Gasteiger partial charge on any atom is -0.497 e. The van der Waals surface area contributed by atoms with Gasteiger partial charge < -0.3 is 15.4 Å². The molecule has 1 saturated heterocycles. The highest BCUT2D eigenvalue weighted by Gasteiger charge is 2.49. The number of aromatic nitrogens is 4. The Bertz CT molecular complexity index is 1740. The quantitative estimate of drug-likeness (QED) is 0.342. The van der Waals surface area contributed by atoms with E-state index in [1.165, 1.54) is 12.1 Å². The fourth-order valence-electron chi connectivity index (χ4n) is 5.73. The number of carbonyl (C=O) groups is 2. The number of hydrogen-bond donors (Lipinski definition) is 1. The van der Waals surface area contributed by atoms with Crippen molar-refractivity contribution in [2.45, 2.75) is 18.9 Å². The second-order valence-electron chi connectivity index (χ2n) is 9.99. The van der Waals surface area contributed by atoms with Gasteiger partial charge in [0.05, 0.1) is 30.6 Å². The Morgan fingerprint density at radius 2 is 1.73 bits per heavy atom. The maximum Gasteiger partial charge on any atom is 0.269 e. The molecule has 40 heavy (non-hydrogen) atoms. The second kappa shape index (κ2) is 9.64. The normalized spacial score (nSPS) is 18.9. The molecule has 3 heterocycles. The van der Waals surface area contributed by atoms with Crippen LogP contribution in [0.3, 0.4) is 0 Å². The first-order valence-corrected chi connectivity index (χ1v) is 12.8. The van der Waals surface area contributed by atoms with Crippen LogP contribution in [0.1, 0.15) is 40.5 Å². The first kappa shape index (κ1) is 25.3. The zero-order chi connectivity index (χ0) is 28.1. The Kier molecular flexibility index (Phi) is 6.10. The minimum atomic E-state index is -0.642. The number of fused-ring (bicyclic) bond motifs is 1. The molecule has 1 fully saturated rings. The molecular formula is C30H27FN6O3. The van der Waals surface area contributed by atoms with Gasteiger partial charge in [-0.05, 0) is 60.2 Å². The summed E-state index contributed by atoms with van der Waals surface area (Å²) >= 11 is 0. The van der Waals surface area contributed by atoms with Crippen molar-refractivity contribution in [1.29, 1.82) is 0 Å². The van der Waals surface area contributed by atoms with E-state index in [1.54, 1.807) is 52.9 Å². The van der Waals surface area contributed by atoms with Crippen LogP contribution in [0.2, 0.25) is 0 Å². The number of anilines is 1. The average Bonchev–Trinajstić information content (AvgIpc) is 3.62. The van der Waals surface area contributed by atoms with Gasteiger partial charge in [-0.25, -0.2) is 9.07 Å². The molecule has 2 N–H and O–H groups in total. The molecule has 0 radical (unpaired) electrons. The molecule has 0 aliphatic carbocycles. The Morgan fingerprint density at radius 3 is 2.40 bits per heavy atom. The summed E-state index contributed by atoms with van der Waals surface area (Å²) < 4.78 is 22.1. The number of benzene rings is 3. The Labute approximate surface area is 229 Å². The number of methoxy groups -OCH3 is 1. The summed E-state index contributed by atoms with van der Waals surface area (Å²) in [4.78, 5) is 28.1. The molecule has 0 bridgehead atoms. The lowest BCUT2D eigenvalue weighted by atomic mass is 9.82. The molecule has 6 rings (SSSR count). The van der Waals surface area contributed by atoms with Gasteiger partial charge in [0, 0.05) is 41.7 Å². The molecule has 1 aliphatic heterocycles. The van der Waals surface area contributed by atoms with Crippen molar-refractivity contribution in [2.24, 2.45) is 18.7 Å². The zero-order valence-corrected chi connectivity index (χ0v) is 22.2. The lowest BCUT2D eigenvalue weighted by Crippen LogP contribution is -2.29. The van der Waals surface area contributed by atoms with Gasteiger partial charge in [-0.1, -0.05) is 19.1 Å². The minimum absolute atomic E-state index is 0.0876. The lowest BCUT2D eigenvalue weighted by Gasteiger charge is -2.29. The Balaban J connectivity index is 1.49. The number of nitrogens with two attached hydrogens (primary N) is 1. The summed E-state index contributed by atoms with van der Waals surface area (Å²) in [5.74, 6) is -1.22. The number of halogens is 1. The van der Waals surface area contributed by atoms with E-state index in [2.05, 4.69) is 10.2 Å². The van der Waals surface area contributed by atoms with Crippen LogP contribution in [0.5, 0.6) is 5.75 Å². The van der Waals surface area contributed by atoms with Crippen LogP contribution in [0.4, 0.5) is 10.1 Å². The van der Waals surface area contributed by atoms with Gasteiger partial charge >= 0.3 is 0 Å². The van der Waals surface area contributed by atoms with Crippen LogP contribution < -0.4 is 15.4 Å². The molecule has 2 aromatic heterocycles. The van der Waals surface area contributed by atoms with E-state index >= 15 is 0 Å². The van der Waals surface area contributed by atoms with E-state index in [0.29, 0.717) is 17.0 Å². The van der Waals surface area contributed by atoms with E-state index in [0.717, 1.165) is 22.2 Å². The van der Waals surface area contributed by atoms with E-state index < -0.39 is 23.8 Å². The predicted octanol–water partition coefficient (Wildman–Crippen LogP) is 4.51. The lowest BCUT2D eigenvalue weighted by molar-refractivity contribution is -0.120. The van der Waals surface area contributed by atoms with Crippen molar-refractivity contribution < 1.29 is 18.7 Å². The van der Waals surface area contributed by atoms with Gasteiger partial charge in [-0.3, -0.25) is 14.3 Å². The largest absolute Gasteiger partial charge is 0.497 e. The van der Waals surface area contributed by atoms with Crippen LogP contribution in [0, 0.1) is 11.7 Å². The molecule has 10 heteroatoms. The molecule has 2 amide bonds. The highest BCUT2D eigenvalue weighted by Crippen LogP contribution is 2.50. The van der Waals surface area contributed by atoms with Gasteiger partial charge in [0.1, 0.15) is 11.6 Å². The van der Waals surface area contributed by atoms with Gasteiger partial charge in [-0.2, -0.15) is 10.2 Å². The predicted molar refractivity (Wildman–Crippen MR) is 148 cm³/mol. The fourth-order valence-corrected chi connectivity index (χ4v) is 5.73. The smallest absolute Gasteiger partial charge is 0.269 e. The molecule has 3 aromatic carbocycles. The van der Waals surface area contributed by atoms with Crippen LogP contribution in [-0.2, 0) is 11.8 Å². The number of ether oxygens (including phenoxy) is 1. The van der Waals surface area contributed by atoms with E-state index in [4.69, 9.17) is 10.5 Å². The molecule has 5 aromatic rings. The third kappa shape index (κ3) is 4.08. The van der Waals surface area contributed by atoms with Gasteiger partial charge in [0.25, 0.3) is 5.91 Å². The average molecular weight is 539 g/mol. The highest BCUT2D eigenvalue weighted by molar-refractivity contribution is 6.02. The summed E-state index contributed by atoms with van der Waals surface area (Å²) in [5, 5.41) is 9.63. The van der Waals surface area contributed by atoms with Crippen LogP contribution in [0.25, 0.3) is 16.6 Å². The molecule has 0 spiro atoms. The van der Waals surface area contributed by atoms with Crippen molar-refractivity contribution in [2.75, 3.05) is 12.0 Å². The summed E-state index contributed by atoms with van der Waals surface area (Å²) in [6.07, 6.45) is 3.49. The molecular weight excluding hydrogens is 511 g/mol.